The normalized spacial score (nSPS) is 20.7. The zero-order valence-electron chi connectivity index (χ0n) is 11.8. The number of nitrogens with zero attached hydrogens (tertiary/aromatic N) is 2. The molecule has 1 atom stereocenters. The van der Waals surface area contributed by atoms with Gasteiger partial charge < -0.3 is 10.6 Å². The van der Waals surface area contributed by atoms with Gasteiger partial charge in [0, 0.05) is 24.7 Å². The second-order valence-corrected chi connectivity index (χ2v) is 5.98. The molecule has 0 spiro atoms. The fourth-order valence-electron chi connectivity index (χ4n) is 2.74. The summed E-state index contributed by atoms with van der Waals surface area (Å²) < 4.78 is 0. The highest BCUT2D eigenvalue weighted by Crippen LogP contribution is 2.16. The molecule has 3 nitrogen and oxygen atoms in total. The molecule has 0 aromatic heterocycles. The molecule has 1 aliphatic rings. The summed E-state index contributed by atoms with van der Waals surface area (Å²) in [5.41, 5.74) is 7.92. The van der Waals surface area contributed by atoms with Crippen molar-refractivity contribution in [3.63, 3.8) is 0 Å². The minimum Gasteiger partial charge on any atom is -0.389 e. The van der Waals surface area contributed by atoms with Gasteiger partial charge in [0.15, 0.2) is 0 Å². The number of likely N-dealkylation sites (tertiary alicyclic amines) is 1. The minimum atomic E-state index is 0.474. The molecule has 0 bridgehead atoms. The van der Waals surface area contributed by atoms with Crippen LogP contribution < -0.4 is 5.73 Å². The van der Waals surface area contributed by atoms with Gasteiger partial charge in [0.2, 0.25) is 0 Å². The Labute approximate surface area is 121 Å². The predicted octanol–water partition coefficient (Wildman–Crippen LogP) is 1.85. The van der Waals surface area contributed by atoms with Crippen molar-refractivity contribution in [1.29, 1.82) is 0 Å². The van der Waals surface area contributed by atoms with Crippen LogP contribution in [0.5, 0.6) is 0 Å². The van der Waals surface area contributed by atoms with E-state index in [4.69, 9.17) is 18.0 Å². The molecule has 1 saturated heterocycles. The van der Waals surface area contributed by atoms with E-state index in [0.717, 1.165) is 18.7 Å². The average Bonchev–Trinajstić information content (AvgIpc) is 2.39. The summed E-state index contributed by atoms with van der Waals surface area (Å²) >= 11 is 5.03. The zero-order chi connectivity index (χ0) is 13.8. The molecule has 2 rings (SSSR count). The number of benzene rings is 1. The summed E-state index contributed by atoms with van der Waals surface area (Å²) in [4.78, 5) is 5.33. The van der Waals surface area contributed by atoms with Crippen LogP contribution in [0.3, 0.4) is 0 Å². The molecule has 104 valence electrons. The first-order chi connectivity index (χ1) is 9.06. The Hall–Kier alpha value is -0.970. The number of hydrogen-bond donors (Lipinski definition) is 1. The molecule has 2 N–H and O–H groups in total. The lowest BCUT2D eigenvalue weighted by Crippen LogP contribution is -2.44. The Morgan fingerprint density at radius 2 is 2.32 bits per heavy atom. The second-order valence-electron chi connectivity index (χ2n) is 5.54. The highest BCUT2D eigenvalue weighted by molar-refractivity contribution is 7.80. The maximum Gasteiger partial charge on any atom is 0.103 e. The molecule has 0 radical (unpaired) electrons. The SMILES string of the molecule is CN1CCCC(N(C)Cc2cccc(C(N)=S)c2)C1. The van der Waals surface area contributed by atoms with Crippen molar-refractivity contribution in [2.45, 2.75) is 25.4 Å². The lowest BCUT2D eigenvalue weighted by atomic mass is 10.0. The van der Waals surface area contributed by atoms with Crippen LogP contribution in [-0.4, -0.2) is 48.0 Å². The second kappa shape index (κ2) is 6.46. The van der Waals surface area contributed by atoms with Gasteiger partial charge in [0.05, 0.1) is 0 Å². The van der Waals surface area contributed by atoms with Crippen molar-refractivity contribution < 1.29 is 0 Å². The van der Waals surface area contributed by atoms with Gasteiger partial charge in [-0.25, -0.2) is 0 Å². The van der Waals surface area contributed by atoms with Gasteiger partial charge in [-0.2, -0.15) is 0 Å². The van der Waals surface area contributed by atoms with Gasteiger partial charge in [-0.3, -0.25) is 4.90 Å². The van der Waals surface area contributed by atoms with E-state index in [1.54, 1.807) is 0 Å². The largest absolute Gasteiger partial charge is 0.389 e. The van der Waals surface area contributed by atoms with Crippen molar-refractivity contribution in [1.82, 2.24) is 9.80 Å². The molecule has 19 heavy (non-hydrogen) atoms. The lowest BCUT2D eigenvalue weighted by Gasteiger charge is -2.36. The third kappa shape index (κ3) is 4.00. The van der Waals surface area contributed by atoms with Crippen LogP contribution in [0.1, 0.15) is 24.0 Å². The maximum atomic E-state index is 5.69. The Morgan fingerprint density at radius 3 is 3.00 bits per heavy atom. The quantitative estimate of drug-likeness (QED) is 0.851. The van der Waals surface area contributed by atoms with Crippen molar-refractivity contribution in [2.75, 3.05) is 27.2 Å². The van der Waals surface area contributed by atoms with Crippen LogP contribution in [0.4, 0.5) is 0 Å². The first kappa shape index (κ1) is 14.4. The summed E-state index contributed by atoms with van der Waals surface area (Å²) in [5, 5.41) is 0. The molecule has 1 aromatic carbocycles. The molecule has 0 saturated carbocycles. The van der Waals surface area contributed by atoms with Crippen molar-refractivity contribution in [3.05, 3.63) is 35.4 Å². The van der Waals surface area contributed by atoms with Crippen LogP contribution in [0.15, 0.2) is 24.3 Å². The van der Waals surface area contributed by atoms with E-state index in [1.807, 2.05) is 12.1 Å². The van der Waals surface area contributed by atoms with Gasteiger partial charge in [0.25, 0.3) is 0 Å². The molecule has 1 aromatic rings. The highest BCUT2D eigenvalue weighted by atomic mass is 32.1. The molecule has 1 aliphatic heterocycles. The number of piperidine rings is 1. The molecular weight excluding hydrogens is 254 g/mol. The van der Waals surface area contributed by atoms with E-state index in [2.05, 4.69) is 36.0 Å². The molecule has 0 amide bonds. The summed E-state index contributed by atoms with van der Waals surface area (Å²) in [7, 11) is 4.41. The Bertz CT molecular complexity index is 447. The smallest absolute Gasteiger partial charge is 0.103 e. The van der Waals surface area contributed by atoms with Gasteiger partial charge in [0.1, 0.15) is 4.99 Å². The van der Waals surface area contributed by atoms with Gasteiger partial charge in [-0.05, 0) is 45.1 Å². The van der Waals surface area contributed by atoms with E-state index in [-0.39, 0.29) is 0 Å². The Balaban J connectivity index is 1.99. The topological polar surface area (TPSA) is 32.5 Å². The molecule has 4 heteroatoms. The maximum absolute atomic E-state index is 5.69. The minimum absolute atomic E-state index is 0.474. The summed E-state index contributed by atoms with van der Waals surface area (Å²) in [6.45, 7) is 3.34. The van der Waals surface area contributed by atoms with E-state index < -0.39 is 0 Å². The number of rotatable bonds is 4. The average molecular weight is 277 g/mol. The fourth-order valence-corrected chi connectivity index (χ4v) is 2.87. The van der Waals surface area contributed by atoms with Crippen LogP contribution in [0.2, 0.25) is 0 Å². The summed E-state index contributed by atoms with van der Waals surface area (Å²) in [6.07, 6.45) is 2.58. The van der Waals surface area contributed by atoms with Crippen molar-refractivity contribution in [3.8, 4) is 0 Å². The Morgan fingerprint density at radius 1 is 1.53 bits per heavy atom. The van der Waals surface area contributed by atoms with E-state index in [9.17, 15) is 0 Å². The lowest BCUT2D eigenvalue weighted by molar-refractivity contribution is 0.129. The summed E-state index contributed by atoms with van der Waals surface area (Å²) in [6, 6.07) is 8.90. The van der Waals surface area contributed by atoms with Gasteiger partial charge >= 0.3 is 0 Å². The van der Waals surface area contributed by atoms with Gasteiger partial charge in [-0.1, -0.05) is 30.4 Å². The van der Waals surface area contributed by atoms with Crippen LogP contribution in [-0.2, 0) is 6.54 Å². The van der Waals surface area contributed by atoms with Gasteiger partial charge in [-0.15, -0.1) is 0 Å². The molecule has 1 fully saturated rings. The van der Waals surface area contributed by atoms with E-state index in [1.165, 1.54) is 24.9 Å². The van der Waals surface area contributed by atoms with E-state index >= 15 is 0 Å². The molecule has 1 unspecified atom stereocenters. The predicted molar refractivity (Wildman–Crippen MR) is 84.3 cm³/mol. The standard InChI is InChI=1S/C15H23N3S/c1-17-8-4-7-14(11-17)18(2)10-12-5-3-6-13(9-12)15(16)19/h3,5-6,9,14H,4,7-8,10-11H2,1-2H3,(H2,16,19). The fraction of sp³-hybridized carbons (Fsp3) is 0.533. The number of likely N-dealkylation sites (N-methyl/N-ethyl adjacent to an activating group) is 2. The Kier molecular flexibility index (Phi) is 4.91. The first-order valence-corrected chi connectivity index (χ1v) is 7.24. The molecule has 0 aliphatic carbocycles. The molecular formula is C15H23N3S. The van der Waals surface area contributed by atoms with E-state index in [0.29, 0.717) is 11.0 Å². The van der Waals surface area contributed by atoms with Crippen LogP contribution in [0.25, 0.3) is 0 Å². The zero-order valence-corrected chi connectivity index (χ0v) is 12.6. The highest BCUT2D eigenvalue weighted by Gasteiger charge is 2.20. The third-order valence-electron chi connectivity index (χ3n) is 3.87. The number of hydrogen-bond acceptors (Lipinski definition) is 3. The van der Waals surface area contributed by atoms with Crippen LogP contribution in [0, 0.1) is 0 Å². The first-order valence-electron chi connectivity index (χ1n) is 6.84. The monoisotopic (exact) mass is 277 g/mol. The van der Waals surface area contributed by atoms with Crippen LogP contribution >= 0.6 is 12.2 Å². The number of nitrogens with two attached hydrogens (primary N) is 1. The van der Waals surface area contributed by atoms with Crippen molar-refractivity contribution in [2.24, 2.45) is 5.73 Å². The third-order valence-corrected chi connectivity index (χ3v) is 4.10. The number of thiocarbonyl (C=S) groups is 1. The summed E-state index contributed by atoms with van der Waals surface area (Å²) in [5.74, 6) is 0. The molecule has 1 heterocycles. The van der Waals surface area contributed by atoms with Crippen molar-refractivity contribution >= 4 is 17.2 Å².